The fourth-order valence-electron chi connectivity index (χ4n) is 2.21. The topological polar surface area (TPSA) is 58.2 Å². The molecule has 23 heavy (non-hydrogen) atoms. The number of carbonyl (C=O) groups excluding carboxylic acids is 2. The molecule has 0 aromatic heterocycles. The van der Waals surface area contributed by atoms with Crippen LogP contribution in [0.5, 0.6) is 0 Å². The second-order valence-electron chi connectivity index (χ2n) is 5.36. The van der Waals surface area contributed by atoms with Crippen LogP contribution in [-0.2, 0) is 22.4 Å². The van der Waals surface area contributed by atoms with Gasteiger partial charge < -0.3 is 10.6 Å². The minimum Gasteiger partial charge on any atom is -0.355 e. The van der Waals surface area contributed by atoms with E-state index < -0.39 is 0 Å². The van der Waals surface area contributed by atoms with Crippen LogP contribution in [-0.4, -0.2) is 18.4 Å². The van der Waals surface area contributed by atoms with Gasteiger partial charge >= 0.3 is 0 Å². The molecular formula is C19H22N2O2. The van der Waals surface area contributed by atoms with Gasteiger partial charge in [-0.15, -0.1) is 0 Å². The molecule has 0 aliphatic rings. The van der Waals surface area contributed by atoms with Gasteiger partial charge in [0, 0.05) is 18.7 Å². The maximum Gasteiger partial charge on any atom is 0.226 e. The Kier molecular flexibility index (Phi) is 6.36. The Morgan fingerprint density at radius 3 is 2.22 bits per heavy atom. The molecule has 0 aliphatic carbocycles. The molecule has 0 radical (unpaired) electrons. The minimum absolute atomic E-state index is 0.0729. The van der Waals surface area contributed by atoms with Crippen molar-refractivity contribution in [3.05, 3.63) is 65.7 Å². The van der Waals surface area contributed by atoms with E-state index in [2.05, 4.69) is 17.6 Å². The van der Waals surface area contributed by atoms with Crippen LogP contribution in [0, 0.1) is 0 Å². The number of nitrogens with one attached hydrogen (secondary N) is 2. The first-order chi connectivity index (χ1) is 11.2. The van der Waals surface area contributed by atoms with Gasteiger partial charge in [-0.3, -0.25) is 9.59 Å². The van der Waals surface area contributed by atoms with Crippen molar-refractivity contribution in [1.29, 1.82) is 0 Å². The van der Waals surface area contributed by atoms with Gasteiger partial charge in [-0.2, -0.15) is 0 Å². The maximum absolute atomic E-state index is 11.8. The Morgan fingerprint density at radius 1 is 0.870 bits per heavy atom. The van der Waals surface area contributed by atoms with Crippen LogP contribution in [0.1, 0.15) is 24.5 Å². The van der Waals surface area contributed by atoms with E-state index in [1.54, 1.807) is 0 Å². The molecule has 2 amide bonds. The van der Waals surface area contributed by atoms with Crippen molar-refractivity contribution < 1.29 is 9.59 Å². The van der Waals surface area contributed by atoms with Crippen molar-refractivity contribution in [2.45, 2.75) is 26.2 Å². The Balaban J connectivity index is 1.68. The lowest BCUT2D eigenvalue weighted by atomic mass is 10.1. The van der Waals surface area contributed by atoms with E-state index in [1.807, 2.05) is 54.6 Å². The molecule has 0 unspecified atom stereocenters. The third-order valence-corrected chi connectivity index (χ3v) is 3.53. The Labute approximate surface area is 136 Å². The van der Waals surface area contributed by atoms with E-state index in [0.717, 1.165) is 17.7 Å². The maximum atomic E-state index is 11.8. The highest BCUT2D eigenvalue weighted by molar-refractivity contribution is 5.91. The second-order valence-corrected chi connectivity index (χ2v) is 5.36. The Morgan fingerprint density at radius 2 is 1.57 bits per heavy atom. The zero-order valence-corrected chi connectivity index (χ0v) is 13.3. The van der Waals surface area contributed by atoms with Gasteiger partial charge in [-0.1, -0.05) is 49.4 Å². The van der Waals surface area contributed by atoms with Gasteiger partial charge in [-0.25, -0.2) is 0 Å². The number of amides is 2. The van der Waals surface area contributed by atoms with Gasteiger partial charge in [0.15, 0.2) is 0 Å². The van der Waals surface area contributed by atoms with Crippen molar-refractivity contribution in [1.82, 2.24) is 5.32 Å². The molecule has 2 aromatic carbocycles. The standard InChI is InChI=1S/C19H22N2O2/c1-2-15-8-10-17(11-9-15)21-18(22)12-13-20-19(23)14-16-6-4-3-5-7-16/h3-11H,2,12-14H2,1H3,(H,20,23)(H,21,22). The summed E-state index contributed by atoms with van der Waals surface area (Å²) in [4.78, 5) is 23.6. The van der Waals surface area contributed by atoms with Crippen molar-refractivity contribution in [3.63, 3.8) is 0 Å². The summed E-state index contributed by atoms with van der Waals surface area (Å²) in [6.45, 7) is 2.43. The predicted molar refractivity (Wildman–Crippen MR) is 92.2 cm³/mol. The summed E-state index contributed by atoms with van der Waals surface area (Å²) in [7, 11) is 0. The third-order valence-electron chi connectivity index (χ3n) is 3.53. The lowest BCUT2D eigenvalue weighted by Gasteiger charge is -2.07. The van der Waals surface area contributed by atoms with Crippen LogP contribution in [0.4, 0.5) is 5.69 Å². The lowest BCUT2D eigenvalue weighted by molar-refractivity contribution is -0.120. The molecule has 0 saturated heterocycles. The van der Waals surface area contributed by atoms with Gasteiger partial charge in [-0.05, 0) is 29.7 Å². The van der Waals surface area contributed by atoms with E-state index in [-0.39, 0.29) is 18.2 Å². The normalized spacial score (nSPS) is 10.1. The molecule has 0 heterocycles. The van der Waals surface area contributed by atoms with Gasteiger partial charge in [0.2, 0.25) is 11.8 Å². The first-order valence-electron chi connectivity index (χ1n) is 7.87. The van der Waals surface area contributed by atoms with Gasteiger partial charge in [0.05, 0.1) is 6.42 Å². The van der Waals surface area contributed by atoms with Gasteiger partial charge in [0.25, 0.3) is 0 Å². The molecule has 2 rings (SSSR count). The highest BCUT2D eigenvalue weighted by atomic mass is 16.2. The first kappa shape index (κ1) is 16.7. The number of hydrogen-bond donors (Lipinski definition) is 2. The molecule has 4 nitrogen and oxygen atoms in total. The van der Waals surface area contributed by atoms with E-state index in [9.17, 15) is 9.59 Å². The number of benzene rings is 2. The van der Waals surface area contributed by atoms with Gasteiger partial charge in [0.1, 0.15) is 0 Å². The molecule has 0 saturated carbocycles. The average Bonchev–Trinajstić information content (AvgIpc) is 2.56. The van der Waals surface area contributed by atoms with Crippen molar-refractivity contribution in [2.75, 3.05) is 11.9 Å². The summed E-state index contributed by atoms with van der Waals surface area (Å²) < 4.78 is 0. The van der Waals surface area contributed by atoms with Crippen molar-refractivity contribution in [2.24, 2.45) is 0 Å². The molecule has 0 atom stereocenters. The van der Waals surface area contributed by atoms with Crippen LogP contribution < -0.4 is 10.6 Å². The number of rotatable bonds is 7. The third kappa shape index (κ3) is 5.94. The summed E-state index contributed by atoms with van der Waals surface area (Å²) in [5.74, 6) is -0.175. The zero-order valence-electron chi connectivity index (χ0n) is 13.3. The average molecular weight is 310 g/mol. The first-order valence-corrected chi connectivity index (χ1v) is 7.87. The Hall–Kier alpha value is -2.62. The summed E-state index contributed by atoms with van der Waals surface area (Å²) >= 11 is 0. The summed E-state index contributed by atoms with van der Waals surface area (Å²) in [5.41, 5.74) is 2.98. The number of aryl methyl sites for hydroxylation is 1. The van der Waals surface area contributed by atoms with Crippen LogP contribution in [0.2, 0.25) is 0 Å². The van der Waals surface area contributed by atoms with Crippen LogP contribution >= 0.6 is 0 Å². The number of hydrogen-bond acceptors (Lipinski definition) is 2. The van der Waals surface area contributed by atoms with E-state index in [4.69, 9.17) is 0 Å². The van der Waals surface area contributed by atoms with E-state index in [0.29, 0.717) is 13.0 Å². The minimum atomic E-state index is -0.103. The molecule has 120 valence electrons. The fourth-order valence-corrected chi connectivity index (χ4v) is 2.21. The van der Waals surface area contributed by atoms with Crippen molar-refractivity contribution >= 4 is 17.5 Å². The number of anilines is 1. The highest BCUT2D eigenvalue weighted by Crippen LogP contribution is 2.10. The molecule has 0 bridgehead atoms. The Bertz CT molecular complexity index is 636. The summed E-state index contributed by atoms with van der Waals surface area (Å²) in [6.07, 6.45) is 1.57. The lowest BCUT2D eigenvalue weighted by Crippen LogP contribution is -2.28. The second kappa shape index (κ2) is 8.73. The quantitative estimate of drug-likeness (QED) is 0.826. The molecule has 2 N–H and O–H groups in total. The van der Waals surface area contributed by atoms with Crippen LogP contribution in [0.3, 0.4) is 0 Å². The highest BCUT2D eigenvalue weighted by Gasteiger charge is 2.05. The molecule has 0 fully saturated rings. The summed E-state index contributed by atoms with van der Waals surface area (Å²) in [6, 6.07) is 17.3. The van der Waals surface area contributed by atoms with Crippen LogP contribution in [0.15, 0.2) is 54.6 Å². The zero-order chi connectivity index (χ0) is 16.5. The smallest absolute Gasteiger partial charge is 0.226 e. The molecule has 0 spiro atoms. The monoisotopic (exact) mass is 310 g/mol. The fraction of sp³-hybridized carbons (Fsp3) is 0.263. The van der Waals surface area contributed by atoms with E-state index in [1.165, 1.54) is 5.56 Å². The van der Waals surface area contributed by atoms with Crippen molar-refractivity contribution in [3.8, 4) is 0 Å². The predicted octanol–water partition coefficient (Wildman–Crippen LogP) is 2.94. The number of carbonyl (C=O) groups is 2. The molecule has 2 aromatic rings. The SMILES string of the molecule is CCc1ccc(NC(=O)CCNC(=O)Cc2ccccc2)cc1. The molecular weight excluding hydrogens is 288 g/mol. The van der Waals surface area contributed by atoms with E-state index >= 15 is 0 Å². The summed E-state index contributed by atoms with van der Waals surface area (Å²) in [5, 5.41) is 5.59. The largest absolute Gasteiger partial charge is 0.355 e. The van der Waals surface area contributed by atoms with Crippen LogP contribution in [0.25, 0.3) is 0 Å². The molecule has 4 heteroatoms. The molecule has 0 aliphatic heterocycles.